The molecule has 0 aliphatic carbocycles. The highest BCUT2D eigenvalue weighted by Gasteiger charge is 2.18. The van der Waals surface area contributed by atoms with Gasteiger partial charge in [0.25, 0.3) is 0 Å². The van der Waals surface area contributed by atoms with Crippen LogP contribution in [0.5, 0.6) is 0 Å². The first-order valence-corrected chi connectivity index (χ1v) is 5.98. The molecule has 0 bridgehead atoms. The number of nitrogens with two attached hydrogens (primary N) is 1. The third-order valence-corrected chi connectivity index (χ3v) is 3.13. The molecule has 94 valence electrons. The molecule has 2 heterocycles. The molecule has 0 spiro atoms. The summed E-state index contributed by atoms with van der Waals surface area (Å²) in [6.07, 6.45) is 7.16. The molecule has 3 N–H and O–H groups in total. The van der Waals surface area contributed by atoms with Crippen LogP contribution < -0.4 is 11.3 Å². The van der Waals surface area contributed by atoms with Crippen molar-refractivity contribution in [2.45, 2.75) is 37.8 Å². The Kier molecular flexibility index (Phi) is 4.42. The SMILES string of the molecule is NNC(CCC1CCCO1)c1cncc(F)c1. The standard InChI is InChI=1S/C12H18FN3O/c13-10-6-9(7-15-8-10)12(16-14)4-3-11-2-1-5-17-11/h6-8,11-12,16H,1-5,14H2. The number of rotatable bonds is 5. The zero-order chi connectivity index (χ0) is 12.1. The van der Waals surface area contributed by atoms with Gasteiger partial charge >= 0.3 is 0 Å². The van der Waals surface area contributed by atoms with Crippen molar-refractivity contribution in [2.24, 2.45) is 5.84 Å². The van der Waals surface area contributed by atoms with Gasteiger partial charge in [-0.05, 0) is 37.3 Å². The molecule has 5 heteroatoms. The summed E-state index contributed by atoms with van der Waals surface area (Å²) in [4.78, 5) is 3.83. The van der Waals surface area contributed by atoms with Crippen LogP contribution in [0.25, 0.3) is 0 Å². The summed E-state index contributed by atoms with van der Waals surface area (Å²) in [6.45, 7) is 0.854. The fourth-order valence-electron chi connectivity index (χ4n) is 2.19. The Labute approximate surface area is 100 Å². The Morgan fingerprint density at radius 1 is 1.59 bits per heavy atom. The lowest BCUT2D eigenvalue weighted by Gasteiger charge is -2.18. The van der Waals surface area contributed by atoms with E-state index in [2.05, 4.69) is 10.4 Å². The lowest BCUT2D eigenvalue weighted by atomic mass is 10.0. The lowest BCUT2D eigenvalue weighted by Crippen LogP contribution is -2.29. The fourth-order valence-corrected chi connectivity index (χ4v) is 2.19. The summed E-state index contributed by atoms with van der Waals surface area (Å²) in [5.41, 5.74) is 3.49. The first-order chi connectivity index (χ1) is 8.29. The van der Waals surface area contributed by atoms with Gasteiger partial charge in [0, 0.05) is 18.8 Å². The molecule has 17 heavy (non-hydrogen) atoms. The number of aromatic nitrogens is 1. The molecular formula is C12H18FN3O. The topological polar surface area (TPSA) is 60.2 Å². The van der Waals surface area contributed by atoms with Crippen molar-refractivity contribution >= 4 is 0 Å². The molecule has 0 saturated carbocycles. The summed E-state index contributed by atoms with van der Waals surface area (Å²) in [5.74, 6) is 5.17. The van der Waals surface area contributed by atoms with E-state index in [9.17, 15) is 4.39 Å². The van der Waals surface area contributed by atoms with Crippen LogP contribution in [0.15, 0.2) is 18.5 Å². The van der Waals surface area contributed by atoms with Crippen molar-refractivity contribution in [2.75, 3.05) is 6.61 Å². The molecule has 0 aromatic carbocycles. The molecule has 4 nitrogen and oxygen atoms in total. The molecule has 2 rings (SSSR count). The second-order valence-electron chi connectivity index (χ2n) is 4.37. The van der Waals surface area contributed by atoms with Gasteiger partial charge in [0.2, 0.25) is 0 Å². The number of hydrazine groups is 1. The van der Waals surface area contributed by atoms with Crippen LogP contribution in [0.4, 0.5) is 4.39 Å². The molecule has 1 fully saturated rings. The van der Waals surface area contributed by atoms with Crippen molar-refractivity contribution in [1.29, 1.82) is 0 Å². The van der Waals surface area contributed by atoms with Crippen molar-refractivity contribution < 1.29 is 9.13 Å². The third kappa shape index (κ3) is 3.46. The lowest BCUT2D eigenvalue weighted by molar-refractivity contribution is 0.0996. The van der Waals surface area contributed by atoms with Crippen molar-refractivity contribution in [1.82, 2.24) is 10.4 Å². The quantitative estimate of drug-likeness (QED) is 0.606. The van der Waals surface area contributed by atoms with Crippen LogP contribution in [0.1, 0.15) is 37.3 Å². The minimum Gasteiger partial charge on any atom is -0.378 e. The van der Waals surface area contributed by atoms with E-state index in [0.29, 0.717) is 6.10 Å². The van der Waals surface area contributed by atoms with Gasteiger partial charge in [-0.25, -0.2) is 4.39 Å². The Morgan fingerprint density at radius 3 is 3.12 bits per heavy atom. The minimum atomic E-state index is -0.333. The van der Waals surface area contributed by atoms with Crippen LogP contribution in [-0.4, -0.2) is 17.7 Å². The summed E-state index contributed by atoms with van der Waals surface area (Å²) < 4.78 is 18.6. The first-order valence-electron chi connectivity index (χ1n) is 5.98. The molecule has 0 amide bonds. The molecular weight excluding hydrogens is 221 g/mol. The number of halogens is 1. The average Bonchev–Trinajstić information content (AvgIpc) is 2.83. The minimum absolute atomic E-state index is 0.0672. The predicted molar refractivity (Wildman–Crippen MR) is 62.5 cm³/mol. The van der Waals surface area contributed by atoms with Gasteiger partial charge in [-0.15, -0.1) is 0 Å². The number of hydrogen-bond acceptors (Lipinski definition) is 4. The van der Waals surface area contributed by atoms with E-state index in [-0.39, 0.29) is 11.9 Å². The highest BCUT2D eigenvalue weighted by Crippen LogP contribution is 2.23. The highest BCUT2D eigenvalue weighted by atomic mass is 19.1. The smallest absolute Gasteiger partial charge is 0.141 e. The number of nitrogens with zero attached hydrogens (tertiary/aromatic N) is 1. The number of nitrogens with one attached hydrogen (secondary N) is 1. The van der Waals surface area contributed by atoms with Gasteiger partial charge in [-0.1, -0.05) is 0 Å². The zero-order valence-corrected chi connectivity index (χ0v) is 9.73. The molecule has 1 aromatic heterocycles. The second-order valence-corrected chi connectivity index (χ2v) is 4.37. The van der Waals surface area contributed by atoms with Crippen molar-refractivity contribution in [3.05, 3.63) is 29.8 Å². The van der Waals surface area contributed by atoms with E-state index in [1.54, 1.807) is 6.20 Å². The number of ether oxygens (including phenoxy) is 1. The maximum absolute atomic E-state index is 13.0. The number of hydrogen-bond donors (Lipinski definition) is 2. The van der Waals surface area contributed by atoms with E-state index >= 15 is 0 Å². The zero-order valence-electron chi connectivity index (χ0n) is 9.73. The predicted octanol–water partition coefficient (Wildman–Crippen LogP) is 1.68. The van der Waals surface area contributed by atoms with Gasteiger partial charge in [0.1, 0.15) is 5.82 Å². The molecule has 2 unspecified atom stereocenters. The summed E-state index contributed by atoms with van der Waals surface area (Å²) in [6, 6.07) is 1.40. The first kappa shape index (κ1) is 12.4. The van der Waals surface area contributed by atoms with Gasteiger partial charge in [0.05, 0.1) is 12.3 Å². The Morgan fingerprint density at radius 2 is 2.47 bits per heavy atom. The molecule has 1 saturated heterocycles. The fraction of sp³-hybridized carbons (Fsp3) is 0.583. The van der Waals surface area contributed by atoms with Crippen LogP contribution in [-0.2, 0) is 4.74 Å². The van der Waals surface area contributed by atoms with Crippen LogP contribution in [0.2, 0.25) is 0 Å². The van der Waals surface area contributed by atoms with E-state index < -0.39 is 0 Å². The summed E-state index contributed by atoms with van der Waals surface area (Å²) >= 11 is 0. The number of pyridine rings is 1. The summed E-state index contributed by atoms with van der Waals surface area (Å²) in [7, 11) is 0. The van der Waals surface area contributed by atoms with Gasteiger partial charge in [-0.2, -0.15) is 0 Å². The Bertz CT molecular complexity index is 355. The van der Waals surface area contributed by atoms with Crippen LogP contribution in [0.3, 0.4) is 0 Å². The maximum atomic E-state index is 13.0. The van der Waals surface area contributed by atoms with E-state index in [1.807, 2.05) is 0 Å². The average molecular weight is 239 g/mol. The van der Waals surface area contributed by atoms with Gasteiger partial charge in [0.15, 0.2) is 0 Å². The largest absolute Gasteiger partial charge is 0.378 e. The Balaban J connectivity index is 1.91. The van der Waals surface area contributed by atoms with Crippen molar-refractivity contribution in [3.8, 4) is 0 Å². The van der Waals surface area contributed by atoms with Crippen LogP contribution >= 0.6 is 0 Å². The van der Waals surface area contributed by atoms with Gasteiger partial charge < -0.3 is 4.74 Å². The normalized spacial score (nSPS) is 21.6. The molecule has 1 aromatic rings. The summed E-state index contributed by atoms with van der Waals surface area (Å²) in [5, 5.41) is 0. The van der Waals surface area contributed by atoms with E-state index in [0.717, 1.165) is 37.9 Å². The molecule has 1 aliphatic heterocycles. The van der Waals surface area contributed by atoms with Crippen molar-refractivity contribution in [3.63, 3.8) is 0 Å². The monoisotopic (exact) mass is 239 g/mol. The molecule has 0 radical (unpaired) electrons. The molecule has 1 aliphatic rings. The maximum Gasteiger partial charge on any atom is 0.141 e. The van der Waals surface area contributed by atoms with Gasteiger partial charge in [-0.3, -0.25) is 16.3 Å². The van der Waals surface area contributed by atoms with E-state index in [1.165, 1.54) is 12.3 Å². The molecule has 2 atom stereocenters. The van der Waals surface area contributed by atoms with E-state index in [4.69, 9.17) is 10.6 Å². The highest BCUT2D eigenvalue weighted by molar-refractivity contribution is 5.14. The third-order valence-electron chi connectivity index (χ3n) is 3.13. The second kappa shape index (κ2) is 6.05. The Hall–Kier alpha value is -1.04. The van der Waals surface area contributed by atoms with Crippen LogP contribution in [0, 0.1) is 5.82 Å².